The van der Waals surface area contributed by atoms with Crippen molar-refractivity contribution >= 4 is 55.4 Å². The van der Waals surface area contributed by atoms with E-state index in [1.807, 2.05) is 0 Å². The molecule has 81 heavy (non-hydrogen) atoms. The number of rotatable bonds is 4. The Hall–Kier alpha value is -5.72. The van der Waals surface area contributed by atoms with Gasteiger partial charge in [0.1, 0.15) is 0 Å². The summed E-state index contributed by atoms with van der Waals surface area (Å²) in [5, 5.41) is 2.40. The normalized spacial score (nSPS) is 16.2. The predicted molar refractivity (Wildman–Crippen MR) is 350 cm³/mol. The quantitative estimate of drug-likeness (QED) is 0.158. The second kappa shape index (κ2) is 19.4. The molecule has 6 aromatic rings. The molecule has 0 amide bonds. The van der Waals surface area contributed by atoms with Crippen LogP contribution in [0, 0.1) is 0 Å². The first-order chi connectivity index (χ1) is 37.2. The molecule has 6 heterocycles. The molecule has 0 fully saturated rings. The molecule has 0 unspecified atom stereocenters. The van der Waals surface area contributed by atoms with Gasteiger partial charge in [0.05, 0.1) is 0 Å². The minimum atomic E-state index is -2.05. The molecule has 0 spiro atoms. The van der Waals surface area contributed by atoms with Gasteiger partial charge in [-0.3, -0.25) is 0 Å². The van der Waals surface area contributed by atoms with E-state index in [-0.39, 0.29) is 43.3 Å². The van der Waals surface area contributed by atoms with Crippen molar-refractivity contribution < 1.29 is 0 Å². The molecule has 2 radical (unpaired) electrons. The van der Waals surface area contributed by atoms with E-state index in [0.29, 0.717) is 0 Å². The van der Waals surface area contributed by atoms with Gasteiger partial charge in [-0.05, 0) is 0 Å². The molecule has 0 aliphatic carbocycles. The van der Waals surface area contributed by atoms with E-state index in [9.17, 15) is 0 Å². The van der Waals surface area contributed by atoms with Crippen molar-refractivity contribution in [2.24, 2.45) is 9.98 Å². The third kappa shape index (κ3) is 11.2. The molecule has 420 valence electrons. The number of allylic oxidation sites excluding steroid dienone is 4. The molecule has 4 nitrogen and oxygen atoms in total. The first kappa shape index (κ1) is 58.5. The van der Waals surface area contributed by atoms with E-state index in [1.54, 1.807) is 0 Å². The van der Waals surface area contributed by atoms with Crippen LogP contribution < -0.4 is 10.7 Å². The second-order valence-electron chi connectivity index (χ2n) is 32.1. The monoisotopic (exact) mass is 1180 g/mol. The minimum absolute atomic E-state index is 0.0922. The zero-order chi connectivity index (χ0) is 59.3. The van der Waals surface area contributed by atoms with Crippen LogP contribution in [0.5, 0.6) is 0 Å². The molecule has 6 bridgehead atoms. The number of benzene rings is 4. The summed E-state index contributed by atoms with van der Waals surface area (Å²) in [5.41, 5.74) is 25.7. The van der Waals surface area contributed by atoms with Crippen LogP contribution >= 0.6 is 0 Å². The zero-order valence-corrected chi connectivity index (χ0v) is 56.7. The van der Waals surface area contributed by atoms with Gasteiger partial charge in [0.2, 0.25) is 0 Å². The van der Waals surface area contributed by atoms with Crippen molar-refractivity contribution in [2.45, 2.75) is 209 Å². The predicted octanol–water partition coefficient (Wildman–Crippen LogP) is 17.6. The fourth-order valence-electron chi connectivity index (χ4n) is 11.5. The van der Waals surface area contributed by atoms with Gasteiger partial charge >= 0.3 is 502 Å². The SMILES string of the molecule is CC(C)(C)c1cc(C2=C3C=CC(=N3)C(c3cc(C(C)(C)C)cc(C(C)(C)C)c3)=c3ccc4[n]3[Sn][n]3c2ccc3C(c2cc(C(C)(C)C)cc(C(C)(C)C)c2)=C2C=CC(=N2)C=4c2cc(C(C)(C)C)cc(C(C)(C)C)c2)cc(C(C)(C)C)c1. The summed E-state index contributed by atoms with van der Waals surface area (Å²) in [6.45, 7) is 56.5. The fourth-order valence-corrected chi connectivity index (χ4v) is 15.4. The van der Waals surface area contributed by atoms with Gasteiger partial charge < -0.3 is 0 Å². The van der Waals surface area contributed by atoms with Crippen LogP contribution in [0.4, 0.5) is 0 Å². The molecule has 0 saturated carbocycles. The Morgan fingerprint density at radius 2 is 0.506 bits per heavy atom. The molecule has 0 N–H and O–H groups in total. The molecular formula is C76H92N4Sn. The van der Waals surface area contributed by atoms with Gasteiger partial charge in [-0.25, -0.2) is 0 Å². The molecule has 10 rings (SSSR count). The number of hydrogen-bond donors (Lipinski definition) is 0. The topological polar surface area (TPSA) is 34.6 Å². The van der Waals surface area contributed by atoms with Gasteiger partial charge in [-0.2, -0.15) is 0 Å². The van der Waals surface area contributed by atoms with E-state index in [4.69, 9.17) is 9.98 Å². The Bertz CT molecular complexity index is 3550. The Labute approximate surface area is 498 Å². The third-order valence-corrected chi connectivity index (χ3v) is 21.0. The molecule has 2 aromatic heterocycles. The molecule has 4 aliphatic heterocycles. The molecule has 5 heteroatoms. The summed E-state index contributed by atoms with van der Waals surface area (Å²) < 4.78 is 5.60. The van der Waals surface area contributed by atoms with Crippen LogP contribution in [0.1, 0.15) is 244 Å². The summed E-state index contributed by atoms with van der Waals surface area (Å²) in [6.07, 6.45) is 9.30. The maximum atomic E-state index is 5.97. The van der Waals surface area contributed by atoms with E-state index in [1.165, 1.54) is 111 Å². The summed E-state index contributed by atoms with van der Waals surface area (Å²) in [5.74, 6) is 0. The van der Waals surface area contributed by atoms with Crippen molar-refractivity contribution in [3.05, 3.63) is 222 Å². The number of aromatic nitrogens is 2. The molecule has 0 saturated heterocycles. The Morgan fingerprint density at radius 1 is 0.272 bits per heavy atom. The van der Waals surface area contributed by atoms with Crippen LogP contribution in [0.2, 0.25) is 0 Å². The maximum absolute atomic E-state index is 5.97. The number of nitrogens with zero attached hydrogens (tertiary/aromatic N) is 4. The van der Waals surface area contributed by atoms with Gasteiger partial charge in [-0.15, -0.1) is 0 Å². The Balaban J connectivity index is 1.47. The number of hydrogen-bond acceptors (Lipinski definition) is 2. The second-order valence-corrected chi connectivity index (χ2v) is 35.2. The van der Waals surface area contributed by atoms with Crippen molar-refractivity contribution in [1.82, 2.24) is 5.58 Å². The first-order valence-corrected chi connectivity index (χ1v) is 32.4. The van der Waals surface area contributed by atoms with Crippen LogP contribution in [-0.4, -0.2) is 38.7 Å². The van der Waals surface area contributed by atoms with Gasteiger partial charge in [0.15, 0.2) is 0 Å². The summed E-state index contributed by atoms with van der Waals surface area (Å²) >= 11 is -2.05. The first-order valence-electron chi connectivity index (χ1n) is 29.8. The Morgan fingerprint density at radius 3 is 0.741 bits per heavy atom. The molecule has 4 aliphatic rings. The summed E-state index contributed by atoms with van der Waals surface area (Å²) in [6, 6.07) is 39.4. The van der Waals surface area contributed by atoms with Crippen LogP contribution in [0.25, 0.3) is 22.3 Å². The van der Waals surface area contributed by atoms with E-state index in [2.05, 4.69) is 293 Å². The van der Waals surface area contributed by atoms with Crippen molar-refractivity contribution in [2.75, 3.05) is 0 Å². The molecule has 4 aromatic carbocycles. The van der Waals surface area contributed by atoms with Gasteiger partial charge in [0.25, 0.3) is 0 Å². The average Bonchev–Trinajstić information content (AvgIpc) is 4.13. The Kier molecular flexibility index (Phi) is 14.0. The van der Waals surface area contributed by atoms with Crippen LogP contribution in [0.15, 0.2) is 143 Å². The van der Waals surface area contributed by atoms with Crippen LogP contribution in [0.3, 0.4) is 0 Å². The van der Waals surface area contributed by atoms with Crippen molar-refractivity contribution in [1.29, 1.82) is 0 Å². The van der Waals surface area contributed by atoms with Gasteiger partial charge in [-0.1, -0.05) is 0 Å². The third-order valence-electron chi connectivity index (χ3n) is 17.1. The molecule has 0 atom stereocenters. The van der Waals surface area contributed by atoms with Crippen molar-refractivity contribution in [3.8, 4) is 0 Å². The summed E-state index contributed by atoms with van der Waals surface area (Å²) in [4.78, 5) is 11.9. The van der Waals surface area contributed by atoms with Gasteiger partial charge in [0, 0.05) is 0 Å². The van der Waals surface area contributed by atoms with Crippen molar-refractivity contribution in [3.63, 3.8) is 0 Å². The number of fused-ring (bicyclic) bond motifs is 2. The zero-order valence-electron chi connectivity index (χ0n) is 53.8. The molecular weight excluding hydrogens is 1090 g/mol. The number of aliphatic imine (C=N–C) groups is 2. The van der Waals surface area contributed by atoms with E-state index >= 15 is 0 Å². The fraction of sp³-hybridized carbons (Fsp3) is 0.421. The summed E-state index contributed by atoms with van der Waals surface area (Å²) in [7, 11) is 0. The van der Waals surface area contributed by atoms with E-state index in [0.717, 1.165) is 22.8 Å². The van der Waals surface area contributed by atoms with Crippen LogP contribution in [-0.2, 0) is 43.3 Å². The van der Waals surface area contributed by atoms with E-state index < -0.39 is 21.7 Å². The average molecular weight is 1180 g/mol. The standard InChI is InChI=1S/C76H92N4.Sn/c1-69(2,3)49-33-45(34-50(41-49)70(4,5)6)65-57-25-27-59(77-57)66(46-35-51(71(7,8)9)42-52(36-46)72(10,11)12)61-29-31-63(79-61)68(48-39-55(75(19,20)21)44-56(40-48)76(22,23)24)64-32-30-62(80-64)67(60-28-26-58(65)78-60)47-37-53(73(13,14)15)43-54(38-47)74(16,17)18;/h25-44H,1-24H3;/q-2;+2.